The van der Waals surface area contributed by atoms with Gasteiger partial charge in [-0.2, -0.15) is 11.8 Å². The first kappa shape index (κ1) is 7.13. The molecule has 0 aromatic carbocycles. The molecule has 1 aliphatic rings. The van der Waals surface area contributed by atoms with Crippen LogP contribution in [0.1, 0.15) is 19.8 Å². The molecule has 0 N–H and O–H groups in total. The highest BCUT2D eigenvalue weighted by Gasteiger charge is 2.25. The molecule has 1 saturated heterocycles. The van der Waals surface area contributed by atoms with Crippen molar-refractivity contribution in [2.75, 3.05) is 5.75 Å². The van der Waals surface area contributed by atoms with Gasteiger partial charge in [0.1, 0.15) is 6.29 Å². The highest BCUT2D eigenvalue weighted by molar-refractivity contribution is 8.00. The molecule has 1 rings (SSSR count). The summed E-state index contributed by atoms with van der Waals surface area (Å²) in [5, 5.41) is 0.627. The monoisotopic (exact) mass is 144 g/mol. The van der Waals surface area contributed by atoms with E-state index in [9.17, 15) is 4.79 Å². The number of carbonyl (C=O) groups is 1. The van der Waals surface area contributed by atoms with Gasteiger partial charge in [-0.15, -0.1) is 0 Å². The van der Waals surface area contributed by atoms with E-state index >= 15 is 0 Å². The first-order valence-electron chi connectivity index (χ1n) is 3.45. The predicted octanol–water partition coefficient (Wildman–Crippen LogP) is 1.72. The van der Waals surface area contributed by atoms with Crippen LogP contribution in [0.3, 0.4) is 0 Å². The Morgan fingerprint density at radius 1 is 1.78 bits per heavy atom. The lowest BCUT2D eigenvalue weighted by Crippen LogP contribution is -2.10. The largest absolute Gasteiger partial charge is 0.303 e. The average molecular weight is 144 g/mol. The van der Waals surface area contributed by atoms with Gasteiger partial charge in [0.05, 0.1) is 0 Å². The first-order valence-corrected chi connectivity index (χ1v) is 4.50. The van der Waals surface area contributed by atoms with Gasteiger partial charge in [-0.05, 0) is 18.6 Å². The van der Waals surface area contributed by atoms with Gasteiger partial charge in [0, 0.05) is 11.2 Å². The maximum atomic E-state index is 10.4. The third-order valence-corrected chi connectivity index (χ3v) is 3.42. The van der Waals surface area contributed by atoms with E-state index in [1.165, 1.54) is 5.75 Å². The van der Waals surface area contributed by atoms with Crippen molar-refractivity contribution >= 4 is 18.0 Å². The average Bonchev–Trinajstić information content (AvgIpc) is 2.33. The molecule has 0 aromatic rings. The molecular weight excluding hydrogens is 132 g/mol. The van der Waals surface area contributed by atoms with Crippen molar-refractivity contribution in [3.05, 3.63) is 0 Å². The maximum absolute atomic E-state index is 10.4. The molecule has 0 amide bonds. The molecule has 1 nitrogen and oxygen atoms in total. The van der Waals surface area contributed by atoms with Crippen LogP contribution < -0.4 is 0 Å². The summed E-state index contributed by atoms with van der Waals surface area (Å²) in [6.45, 7) is 2.15. The number of rotatable bonds is 2. The Hall–Kier alpha value is 0.0200. The molecule has 0 saturated carbocycles. The van der Waals surface area contributed by atoms with E-state index < -0.39 is 0 Å². The number of thioether (sulfide) groups is 1. The third kappa shape index (κ3) is 1.48. The van der Waals surface area contributed by atoms with Crippen molar-refractivity contribution in [2.45, 2.75) is 25.0 Å². The summed E-state index contributed by atoms with van der Waals surface area (Å²) in [7, 11) is 0. The van der Waals surface area contributed by atoms with Crippen molar-refractivity contribution in [1.29, 1.82) is 0 Å². The number of aldehydes is 1. The lowest BCUT2D eigenvalue weighted by Gasteiger charge is -2.08. The fraction of sp³-hybridized carbons (Fsp3) is 0.857. The minimum Gasteiger partial charge on any atom is -0.303 e. The SMILES string of the molecule is CCC1SCCC1C=O. The Bertz CT molecular complexity index is 103. The van der Waals surface area contributed by atoms with Crippen molar-refractivity contribution in [3.63, 3.8) is 0 Å². The molecule has 2 atom stereocenters. The van der Waals surface area contributed by atoms with Crippen molar-refractivity contribution in [2.24, 2.45) is 5.92 Å². The zero-order chi connectivity index (χ0) is 6.69. The molecule has 0 aliphatic carbocycles. The standard InChI is InChI=1S/C7H12OS/c1-2-7-6(5-8)3-4-9-7/h5-7H,2-4H2,1H3. The fourth-order valence-corrected chi connectivity index (χ4v) is 2.64. The number of hydrogen-bond acceptors (Lipinski definition) is 2. The summed E-state index contributed by atoms with van der Waals surface area (Å²) in [5.74, 6) is 1.54. The van der Waals surface area contributed by atoms with Crippen molar-refractivity contribution < 1.29 is 4.79 Å². The topological polar surface area (TPSA) is 17.1 Å². The van der Waals surface area contributed by atoms with Gasteiger partial charge >= 0.3 is 0 Å². The lowest BCUT2D eigenvalue weighted by atomic mass is 10.0. The normalized spacial score (nSPS) is 34.8. The lowest BCUT2D eigenvalue weighted by molar-refractivity contribution is -0.111. The van der Waals surface area contributed by atoms with Gasteiger partial charge in [0.15, 0.2) is 0 Å². The van der Waals surface area contributed by atoms with E-state index in [-0.39, 0.29) is 0 Å². The van der Waals surface area contributed by atoms with Gasteiger partial charge in [-0.25, -0.2) is 0 Å². The Morgan fingerprint density at radius 3 is 3.00 bits per heavy atom. The van der Waals surface area contributed by atoms with Crippen LogP contribution in [0.4, 0.5) is 0 Å². The molecule has 0 bridgehead atoms. The smallest absolute Gasteiger partial charge is 0.124 e. The van der Waals surface area contributed by atoms with E-state index in [4.69, 9.17) is 0 Å². The fourth-order valence-electron chi connectivity index (χ4n) is 1.24. The van der Waals surface area contributed by atoms with Gasteiger partial charge < -0.3 is 4.79 Å². The van der Waals surface area contributed by atoms with Crippen molar-refractivity contribution in [3.8, 4) is 0 Å². The quantitative estimate of drug-likeness (QED) is 0.549. The molecule has 2 heteroatoms. The Morgan fingerprint density at radius 2 is 2.56 bits per heavy atom. The van der Waals surface area contributed by atoms with Gasteiger partial charge in [-0.3, -0.25) is 0 Å². The molecule has 52 valence electrons. The van der Waals surface area contributed by atoms with Crippen LogP contribution >= 0.6 is 11.8 Å². The highest BCUT2D eigenvalue weighted by Crippen LogP contribution is 2.32. The minimum absolute atomic E-state index is 0.361. The second-order valence-corrected chi connectivity index (χ2v) is 3.75. The molecule has 0 radical (unpaired) electrons. The molecule has 0 aromatic heterocycles. The minimum atomic E-state index is 0.361. The second kappa shape index (κ2) is 3.25. The Labute approximate surface area is 60.2 Å². The summed E-state index contributed by atoms with van der Waals surface area (Å²) in [5.41, 5.74) is 0. The van der Waals surface area contributed by atoms with Crippen LogP contribution in [0.15, 0.2) is 0 Å². The number of hydrogen-bond donors (Lipinski definition) is 0. The maximum Gasteiger partial charge on any atom is 0.124 e. The van der Waals surface area contributed by atoms with E-state index in [0.717, 1.165) is 19.1 Å². The van der Waals surface area contributed by atoms with Gasteiger partial charge in [-0.1, -0.05) is 6.92 Å². The van der Waals surface area contributed by atoms with Crippen LogP contribution in [0.2, 0.25) is 0 Å². The van der Waals surface area contributed by atoms with E-state index in [1.807, 2.05) is 11.8 Å². The Balaban J connectivity index is 2.41. The molecule has 0 spiro atoms. The predicted molar refractivity (Wildman–Crippen MR) is 40.7 cm³/mol. The van der Waals surface area contributed by atoms with Gasteiger partial charge in [0.25, 0.3) is 0 Å². The zero-order valence-electron chi connectivity index (χ0n) is 5.67. The summed E-state index contributed by atoms with van der Waals surface area (Å²) in [4.78, 5) is 10.4. The summed E-state index contributed by atoms with van der Waals surface area (Å²) < 4.78 is 0. The van der Waals surface area contributed by atoms with Crippen LogP contribution in [0.25, 0.3) is 0 Å². The molecule has 1 heterocycles. The highest BCUT2D eigenvalue weighted by atomic mass is 32.2. The molecule has 1 aliphatic heterocycles. The zero-order valence-corrected chi connectivity index (χ0v) is 6.49. The third-order valence-electron chi connectivity index (χ3n) is 1.84. The molecule has 1 fully saturated rings. The van der Waals surface area contributed by atoms with E-state index in [0.29, 0.717) is 11.2 Å². The van der Waals surface area contributed by atoms with Crippen LogP contribution in [-0.4, -0.2) is 17.3 Å². The second-order valence-electron chi connectivity index (χ2n) is 2.41. The van der Waals surface area contributed by atoms with Crippen molar-refractivity contribution in [1.82, 2.24) is 0 Å². The number of carbonyl (C=O) groups excluding carboxylic acids is 1. The van der Waals surface area contributed by atoms with Crippen LogP contribution in [-0.2, 0) is 4.79 Å². The summed E-state index contributed by atoms with van der Waals surface area (Å²) >= 11 is 1.94. The van der Waals surface area contributed by atoms with Gasteiger partial charge in [0.2, 0.25) is 0 Å². The Kier molecular flexibility index (Phi) is 2.58. The van der Waals surface area contributed by atoms with E-state index in [1.54, 1.807) is 0 Å². The summed E-state index contributed by atoms with van der Waals surface area (Å²) in [6.07, 6.45) is 3.37. The molecular formula is C7H12OS. The molecule has 2 unspecified atom stereocenters. The van der Waals surface area contributed by atoms with Crippen LogP contribution in [0, 0.1) is 5.92 Å². The summed E-state index contributed by atoms with van der Waals surface area (Å²) in [6, 6.07) is 0. The van der Waals surface area contributed by atoms with E-state index in [2.05, 4.69) is 6.92 Å². The first-order chi connectivity index (χ1) is 4.38. The molecule has 9 heavy (non-hydrogen) atoms. The van der Waals surface area contributed by atoms with Crippen LogP contribution in [0.5, 0.6) is 0 Å².